The Bertz CT molecular complexity index is 668. The van der Waals surface area contributed by atoms with Gasteiger partial charge in [-0.25, -0.2) is 0 Å². The summed E-state index contributed by atoms with van der Waals surface area (Å²) in [5, 5.41) is 7.14. The summed E-state index contributed by atoms with van der Waals surface area (Å²) < 4.78 is 0. The smallest absolute Gasteiger partial charge is 0.175 e. The Kier molecular flexibility index (Phi) is 4.46. The Labute approximate surface area is 135 Å². The van der Waals surface area contributed by atoms with E-state index in [-0.39, 0.29) is 0 Å². The van der Waals surface area contributed by atoms with E-state index in [9.17, 15) is 0 Å². The van der Waals surface area contributed by atoms with Crippen LogP contribution < -0.4 is 10.6 Å². The van der Waals surface area contributed by atoms with Gasteiger partial charge in [0.15, 0.2) is 5.11 Å². The van der Waals surface area contributed by atoms with Crippen molar-refractivity contribution in [3.8, 4) is 0 Å². The highest BCUT2D eigenvalue weighted by molar-refractivity contribution is 7.98. The molecule has 2 aromatic rings. The summed E-state index contributed by atoms with van der Waals surface area (Å²) in [5.41, 5.74) is 5.01. The van der Waals surface area contributed by atoms with E-state index in [1.54, 1.807) is 11.8 Å². The lowest BCUT2D eigenvalue weighted by Crippen LogP contribution is -2.19. The normalized spacial score (nSPS) is 12.8. The molecule has 1 aliphatic carbocycles. The number of nitrogens with one attached hydrogen (secondary N) is 2. The highest BCUT2D eigenvalue weighted by atomic mass is 32.2. The van der Waals surface area contributed by atoms with Gasteiger partial charge in [-0.2, -0.15) is 0 Å². The monoisotopic (exact) mass is 314 g/mol. The van der Waals surface area contributed by atoms with Crippen LogP contribution in [0.15, 0.2) is 47.4 Å². The minimum absolute atomic E-state index is 0.631. The van der Waals surface area contributed by atoms with Gasteiger partial charge < -0.3 is 10.6 Å². The van der Waals surface area contributed by atoms with Crippen LogP contribution in [0.25, 0.3) is 0 Å². The Morgan fingerprint density at radius 2 is 1.76 bits per heavy atom. The minimum atomic E-state index is 0.631. The van der Waals surface area contributed by atoms with Crippen molar-refractivity contribution in [2.24, 2.45) is 0 Å². The molecule has 0 bridgehead atoms. The summed E-state index contributed by atoms with van der Waals surface area (Å²) in [4.78, 5) is 1.22. The second-order valence-corrected chi connectivity index (χ2v) is 6.44. The molecule has 108 valence electrons. The third-order valence-electron chi connectivity index (χ3n) is 3.68. The van der Waals surface area contributed by atoms with Gasteiger partial charge in [0.25, 0.3) is 0 Å². The van der Waals surface area contributed by atoms with Gasteiger partial charge in [-0.05, 0) is 79.2 Å². The van der Waals surface area contributed by atoms with Crippen LogP contribution >= 0.6 is 24.0 Å². The second kappa shape index (κ2) is 6.50. The van der Waals surface area contributed by atoms with E-state index in [4.69, 9.17) is 12.2 Å². The molecule has 0 unspecified atom stereocenters. The van der Waals surface area contributed by atoms with Crippen LogP contribution in [0.4, 0.5) is 11.4 Å². The Balaban J connectivity index is 1.66. The van der Waals surface area contributed by atoms with Crippen LogP contribution in [0.2, 0.25) is 0 Å². The first-order valence-electron chi connectivity index (χ1n) is 7.08. The van der Waals surface area contributed by atoms with Crippen LogP contribution in [-0.2, 0) is 12.8 Å². The summed E-state index contributed by atoms with van der Waals surface area (Å²) in [6.45, 7) is 0. The molecule has 0 spiro atoms. The quantitative estimate of drug-likeness (QED) is 0.633. The van der Waals surface area contributed by atoms with Crippen LogP contribution in [0, 0.1) is 0 Å². The van der Waals surface area contributed by atoms with E-state index >= 15 is 0 Å². The van der Waals surface area contributed by atoms with Crippen LogP contribution in [-0.4, -0.2) is 11.4 Å². The number of aryl methyl sites for hydroxylation is 2. The first-order chi connectivity index (χ1) is 10.2. The summed E-state index contributed by atoms with van der Waals surface area (Å²) in [6.07, 6.45) is 5.73. The Morgan fingerprint density at radius 1 is 1.00 bits per heavy atom. The number of rotatable bonds is 3. The van der Waals surface area contributed by atoms with Crippen LogP contribution in [0.5, 0.6) is 0 Å². The molecule has 0 saturated heterocycles. The summed E-state index contributed by atoms with van der Waals surface area (Å²) >= 11 is 7.12. The number of hydrogen-bond acceptors (Lipinski definition) is 2. The molecule has 1 aliphatic rings. The molecule has 2 N–H and O–H groups in total. The number of thioether (sulfide) groups is 1. The number of anilines is 2. The third-order valence-corrected chi connectivity index (χ3v) is 4.61. The molecule has 0 fully saturated rings. The molecular formula is C17H18N2S2. The second-order valence-electron chi connectivity index (χ2n) is 5.15. The molecule has 2 aromatic carbocycles. The molecule has 0 aromatic heterocycles. The number of fused-ring (bicyclic) bond motifs is 1. The molecule has 0 atom stereocenters. The molecule has 0 saturated carbocycles. The van der Waals surface area contributed by atoms with E-state index in [1.165, 1.54) is 35.3 Å². The lowest BCUT2D eigenvalue weighted by atomic mass is 10.1. The Morgan fingerprint density at radius 3 is 2.57 bits per heavy atom. The largest absolute Gasteiger partial charge is 0.332 e. The van der Waals surface area contributed by atoms with E-state index in [0.717, 1.165) is 11.4 Å². The van der Waals surface area contributed by atoms with Gasteiger partial charge in [-0.15, -0.1) is 11.8 Å². The SMILES string of the molecule is CSc1cccc(NC(=S)Nc2ccc3c(c2)CCC3)c1. The predicted molar refractivity (Wildman–Crippen MR) is 96.5 cm³/mol. The fourth-order valence-electron chi connectivity index (χ4n) is 2.64. The van der Waals surface area contributed by atoms with E-state index < -0.39 is 0 Å². The van der Waals surface area contributed by atoms with E-state index in [1.807, 2.05) is 12.1 Å². The standard InChI is InChI=1S/C17H18N2S2/c1-21-16-7-3-6-14(11-16)18-17(20)19-15-9-8-12-4-2-5-13(12)10-15/h3,6-11H,2,4-5H2,1H3,(H2,18,19,20). The number of hydrogen-bond donors (Lipinski definition) is 2. The van der Waals surface area contributed by atoms with Crippen LogP contribution in [0.3, 0.4) is 0 Å². The highest BCUT2D eigenvalue weighted by Crippen LogP contribution is 2.25. The molecule has 0 aliphatic heterocycles. The molecule has 0 heterocycles. The van der Waals surface area contributed by atoms with E-state index in [2.05, 4.69) is 47.2 Å². The third kappa shape index (κ3) is 3.57. The van der Waals surface area contributed by atoms with Crippen molar-refractivity contribution in [3.63, 3.8) is 0 Å². The molecule has 4 heteroatoms. The number of thiocarbonyl (C=S) groups is 1. The van der Waals surface area contributed by atoms with Crippen molar-refractivity contribution in [2.75, 3.05) is 16.9 Å². The lowest BCUT2D eigenvalue weighted by Gasteiger charge is -2.12. The maximum atomic E-state index is 5.40. The van der Waals surface area contributed by atoms with Crippen molar-refractivity contribution in [1.29, 1.82) is 0 Å². The molecular weight excluding hydrogens is 296 g/mol. The average Bonchev–Trinajstić information content (AvgIpc) is 2.95. The number of benzene rings is 2. The molecule has 21 heavy (non-hydrogen) atoms. The van der Waals surface area contributed by atoms with Crippen molar-refractivity contribution >= 4 is 40.5 Å². The van der Waals surface area contributed by atoms with Gasteiger partial charge in [0, 0.05) is 16.3 Å². The van der Waals surface area contributed by atoms with Crippen molar-refractivity contribution in [2.45, 2.75) is 24.2 Å². The van der Waals surface area contributed by atoms with E-state index in [0.29, 0.717) is 5.11 Å². The first kappa shape index (κ1) is 14.4. The maximum absolute atomic E-state index is 5.40. The van der Waals surface area contributed by atoms with Crippen molar-refractivity contribution in [3.05, 3.63) is 53.6 Å². The topological polar surface area (TPSA) is 24.1 Å². The van der Waals surface area contributed by atoms with Gasteiger partial charge in [0.2, 0.25) is 0 Å². The molecule has 0 amide bonds. The van der Waals surface area contributed by atoms with Crippen molar-refractivity contribution in [1.82, 2.24) is 0 Å². The lowest BCUT2D eigenvalue weighted by molar-refractivity contribution is 0.912. The Hall–Kier alpha value is -1.52. The highest BCUT2D eigenvalue weighted by Gasteiger charge is 2.11. The van der Waals surface area contributed by atoms with Gasteiger partial charge in [-0.1, -0.05) is 12.1 Å². The predicted octanol–water partition coefficient (Wildman–Crippen LogP) is 4.71. The molecule has 2 nitrogen and oxygen atoms in total. The maximum Gasteiger partial charge on any atom is 0.175 e. The first-order valence-corrected chi connectivity index (χ1v) is 8.72. The van der Waals surface area contributed by atoms with Crippen LogP contribution in [0.1, 0.15) is 17.5 Å². The summed E-state index contributed by atoms with van der Waals surface area (Å²) in [7, 11) is 0. The zero-order valence-electron chi connectivity index (χ0n) is 12.0. The van der Waals surface area contributed by atoms with Gasteiger partial charge >= 0.3 is 0 Å². The summed E-state index contributed by atoms with van der Waals surface area (Å²) in [5.74, 6) is 0. The minimum Gasteiger partial charge on any atom is -0.332 e. The van der Waals surface area contributed by atoms with Gasteiger partial charge in [0.1, 0.15) is 0 Å². The van der Waals surface area contributed by atoms with Gasteiger partial charge in [0.05, 0.1) is 0 Å². The fourth-order valence-corrected chi connectivity index (χ4v) is 3.34. The van der Waals surface area contributed by atoms with Gasteiger partial charge in [-0.3, -0.25) is 0 Å². The van der Waals surface area contributed by atoms with Crippen molar-refractivity contribution < 1.29 is 0 Å². The molecule has 3 rings (SSSR count). The molecule has 0 radical (unpaired) electrons. The zero-order valence-corrected chi connectivity index (χ0v) is 13.6. The zero-order chi connectivity index (χ0) is 14.7. The fraction of sp³-hybridized carbons (Fsp3) is 0.235. The summed E-state index contributed by atoms with van der Waals surface area (Å²) in [6, 6.07) is 14.8. The average molecular weight is 314 g/mol.